The van der Waals surface area contributed by atoms with Crippen LogP contribution in [0.1, 0.15) is 67.4 Å². The molecule has 0 aliphatic carbocycles. The Hall–Kier alpha value is -1.62. The van der Waals surface area contributed by atoms with Crippen molar-refractivity contribution in [3.05, 3.63) is 42.5 Å². The molecule has 44 heavy (non-hydrogen) atoms. The molecule has 2 aliphatic heterocycles. The Morgan fingerprint density at radius 3 is 2.11 bits per heavy atom. The Kier molecular flexibility index (Phi) is 12.8. The topological polar surface area (TPSA) is 111 Å². The summed E-state index contributed by atoms with van der Waals surface area (Å²) in [6.45, 7) is 21.1. The van der Waals surface area contributed by atoms with Crippen molar-refractivity contribution < 1.29 is 46.6 Å². The van der Waals surface area contributed by atoms with Crippen molar-refractivity contribution in [2.75, 3.05) is 27.4 Å². The summed E-state index contributed by atoms with van der Waals surface area (Å²) in [6, 6.07) is 7.45. The van der Waals surface area contributed by atoms with E-state index in [1.807, 2.05) is 24.3 Å². The summed E-state index contributed by atoms with van der Waals surface area (Å²) < 4.78 is 50.4. The molecule has 250 valence electrons. The van der Waals surface area contributed by atoms with E-state index in [1.54, 1.807) is 7.11 Å². The van der Waals surface area contributed by atoms with Gasteiger partial charge in [0.1, 0.15) is 18.0 Å². The second-order valence-corrected chi connectivity index (χ2v) is 21.8. The van der Waals surface area contributed by atoms with Gasteiger partial charge in [-0.05, 0) is 39.9 Å². The molecule has 0 amide bonds. The van der Waals surface area contributed by atoms with Crippen molar-refractivity contribution in [3.8, 4) is 5.75 Å². The third kappa shape index (κ3) is 7.50. The quantitative estimate of drug-likeness (QED) is 0.160. The highest BCUT2D eigenvalue weighted by Crippen LogP contribution is 2.48. The van der Waals surface area contributed by atoms with E-state index in [4.69, 9.17) is 36.7 Å². The first kappa shape index (κ1) is 36.8. The third-order valence-electron chi connectivity index (χ3n) is 8.78. The van der Waals surface area contributed by atoms with E-state index in [9.17, 15) is 9.90 Å². The van der Waals surface area contributed by atoms with Crippen molar-refractivity contribution >= 4 is 23.1 Å². The zero-order valence-electron chi connectivity index (χ0n) is 28.2. The molecule has 1 aromatic rings. The molecular formula is C32H54O10Si2. The van der Waals surface area contributed by atoms with E-state index in [-0.39, 0.29) is 48.4 Å². The van der Waals surface area contributed by atoms with Gasteiger partial charge in [-0.25, -0.2) is 4.79 Å². The van der Waals surface area contributed by atoms with Gasteiger partial charge in [-0.3, -0.25) is 0 Å². The number of hydrogen-bond acceptors (Lipinski definition) is 10. The van der Waals surface area contributed by atoms with E-state index in [0.29, 0.717) is 0 Å². The average molecular weight is 655 g/mol. The zero-order valence-corrected chi connectivity index (χ0v) is 30.2. The summed E-state index contributed by atoms with van der Waals surface area (Å²) in [5, 5.41) is 11.9. The van der Waals surface area contributed by atoms with Crippen LogP contribution in [-0.4, -0.2) is 85.8 Å². The highest BCUT2D eigenvalue weighted by molar-refractivity contribution is 6.84. The minimum absolute atomic E-state index is 0.0155. The third-order valence-corrected chi connectivity index (χ3v) is 19.1. The van der Waals surface area contributed by atoms with Crippen molar-refractivity contribution in [1.29, 1.82) is 0 Å². The SMILES string of the molecule is C=CCO[C@]1(C(=O)OC)C[C@@H](OCc2ccc(OC)cc2)[C@@H](O)[C@@H]([C@@H]2CO[Si](C(C)C)(C(C)C)O[Si](C(C)C)(C(C)C)O2)O1. The number of esters is 1. The zero-order chi connectivity index (χ0) is 32.9. The number of hydrogen-bond donors (Lipinski definition) is 1. The summed E-state index contributed by atoms with van der Waals surface area (Å²) in [5.41, 5.74) is 1.31. The molecule has 0 unspecified atom stereocenters. The molecule has 3 rings (SSSR count). The maximum Gasteiger partial charge on any atom is 0.366 e. The van der Waals surface area contributed by atoms with Crippen LogP contribution < -0.4 is 4.74 Å². The number of ether oxygens (including phenoxy) is 5. The first-order valence-electron chi connectivity index (χ1n) is 15.7. The van der Waals surface area contributed by atoms with E-state index in [0.717, 1.165) is 11.3 Å². The van der Waals surface area contributed by atoms with Crippen LogP contribution in [0.4, 0.5) is 0 Å². The van der Waals surface area contributed by atoms with Crippen molar-refractivity contribution in [2.45, 2.75) is 121 Å². The highest BCUT2D eigenvalue weighted by atomic mass is 28.5. The van der Waals surface area contributed by atoms with Gasteiger partial charge in [0.25, 0.3) is 5.79 Å². The molecule has 1 aromatic carbocycles. The summed E-state index contributed by atoms with van der Waals surface area (Å²) >= 11 is 0. The Labute approximate surface area is 265 Å². The van der Waals surface area contributed by atoms with Gasteiger partial charge in [0.05, 0.1) is 46.2 Å². The maximum absolute atomic E-state index is 13.4. The summed E-state index contributed by atoms with van der Waals surface area (Å²) in [7, 11) is -2.96. The van der Waals surface area contributed by atoms with E-state index >= 15 is 0 Å². The van der Waals surface area contributed by atoms with Gasteiger partial charge in [0.2, 0.25) is 0 Å². The van der Waals surface area contributed by atoms with Crippen LogP contribution in [0.15, 0.2) is 36.9 Å². The number of aliphatic hydroxyl groups is 1. The monoisotopic (exact) mass is 654 g/mol. The van der Waals surface area contributed by atoms with E-state index < -0.39 is 53.3 Å². The van der Waals surface area contributed by atoms with Crippen LogP contribution in [0.25, 0.3) is 0 Å². The predicted octanol–water partition coefficient (Wildman–Crippen LogP) is 5.76. The number of carbonyl (C=O) groups is 1. The smallest absolute Gasteiger partial charge is 0.366 e. The normalized spacial score (nSPS) is 28.7. The Balaban J connectivity index is 2.08. The van der Waals surface area contributed by atoms with Crippen LogP contribution in [0.5, 0.6) is 5.75 Å². The molecular weight excluding hydrogens is 601 g/mol. The van der Waals surface area contributed by atoms with Crippen LogP contribution in [0.2, 0.25) is 22.2 Å². The van der Waals surface area contributed by atoms with Gasteiger partial charge in [-0.2, -0.15) is 0 Å². The largest absolute Gasteiger partial charge is 0.497 e. The van der Waals surface area contributed by atoms with Gasteiger partial charge in [-0.15, -0.1) is 6.58 Å². The standard InChI is InChI=1S/C32H54O10Si2/c1-12-17-38-32(31(34)36-11)18-27(37-19-25-13-15-26(35-10)16-14-25)29(33)30(40-32)28-20-39-43(21(2)3,22(4)5)42-44(41-28,23(6)7)24(8)9/h12-16,21-24,27-30,33H,1,17-20H2,2-11H3/t27-,28+,29-,30-,32-/m1/s1. The minimum Gasteiger partial charge on any atom is -0.497 e. The van der Waals surface area contributed by atoms with Crippen molar-refractivity contribution in [1.82, 2.24) is 0 Å². The lowest BCUT2D eigenvalue weighted by Crippen LogP contribution is -2.65. The Bertz CT molecular complexity index is 1060. The Morgan fingerprint density at radius 2 is 1.61 bits per heavy atom. The fourth-order valence-corrected chi connectivity index (χ4v) is 17.5. The number of aliphatic hydroxyl groups excluding tert-OH is 1. The number of benzene rings is 1. The molecule has 2 saturated heterocycles. The molecule has 2 heterocycles. The fraction of sp³-hybridized carbons (Fsp3) is 0.719. The first-order valence-corrected chi connectivity index (χ1v) is 19.6. The van der Waals surface area contributed by atoms with Crippen molar-refractivity contribution in [2.24, 2.45) is 0 Å². The molecule has 12 heteroatoms. The number of carbonyl (C=O) groups excluding carboxylic acids is 1. The number of methoxy groups -OCH3 is 2. The van der Waals surface area contributed by atoms with Gasteiger partial charge in [0, 0.05) is 6.42 Å². The maximum atomic E-state index is 13.4. The van der Waals surface area contributed by atoms with Crippen molar-refractivity contribution in [3.63, 3.8) is 0 Å². The van der Waals surface area contributed by atoms with Gasteiger partial charge in [-0.1, -0.05) is 73.6 Å². The van der Waals surface area contributed by atoms with Gasteiger partial charge >= 0.3 is 23.1 Å². The molecule has 5 atom stereocenters. The minimum atomic E-state index is -3.02. The lowest BCUT2D eigenvalue weighted by atomic mass is 9.92. The molecule has 0 aromatic heterocycles. The lowest BCUT2D eigenvalue weighted by molar-refractivity contribution is -0.325. The van der Waals surface area contributed by atoms with Crippen LogP contribution in [-0.2, 0) is 43.3 Å². The summed E-state index contributed by atoms with van der Waals surface area (Å²) in [6.07, 6.45) is -2.42. The van der Waals surface area contributed by atoms with Gasteiger partial charge < -0.3 is 41.8 Å². The van der Waals surface area contributed by atoms with Crippen LogP contribution >= 0.6 is 0 Å². The van der Waals surface area contributed by atoms with Gasteiger partial charge in [0.15, 0.2) is 0 Å². The highest BCUT2D eigenvalue weighted by Gasteiger charge is 2.62. The fourth-order valence-electron chi connectivity index (χ4n) is 6.30. The lowest BCUT2D eigenvalue weighted by Gasteiger charge is -2.48. The molecule has 2 fully saturated rings. The van der Waals surface area contributed by atoms with E-state index in [2.05, 4.69) is 62.0 Å². The molecule has 0 radical (unpaired) electrons. The molecule has 2 aliphatic rings. The van der Waals surface area contributed by atoms with E-state index in [1.165, 1.54) is 13.2 Å². The molecule has 0 saturated carbocycles. The molecule has 0 spiro atoms. The number of rotatable bonds is 13. The first-order chi connectivity index (χ1) is 20.7. The second kappa shape index (κ2) is 15.3. The second-order valence-electron chi connectivity index (χ2n) is 12.9. The molecule has 10 nitrogen and oxygen atoms in total. The summed E-state index contributed by atoms with van der Waals surface area (Å²) in [4.78, 5) is 13.4. The molecule has 1 N–H and O–H groups in total. The van der Waals surface area contributed by atoms with Crippen LogP contribution in [0, 0.1) is 0 Å². The predicted molar refractivity (Wildman–Crippen MR) is 172 cm³/mol. The Morgan fingerprint density at radius 1 is 1.02 bits per heavy atom. The summed E-state index contributed by atoms with van der Waals surface area (Å²) in [5.74, 6) is -1.87. The molecule has 0 bridgehead atoms. The van der Waals surface area contributed by atoms with Crippen LogP contribution in [0.3, 0.4) is 0 Å². The average Bonchev–Trinajstić information content (AvgIpc) is 3.20.